The predicted octanol–water partition coefficient (Wildman–Crippen LogP) is 2.60. The van der Waals surface area contributed by atoms with Crippen LogP contribution in [0, 0.1) is 6.92 Å². The summed E-state index contributed by atoms with van der Waals surface area (Å²) in [6, 6.07) is 9.08. The van der Waals surface area contributed by atoms with Gasteiger partial charge in [0, 0.05) is 13.5 Å². The third kappa shape index (κ3) is 2.45. The summed E-state index contributed by atoms with van der Waals surface area (Å²) in [5.74, 6) is 2.31. The summed E-state index contributed by atoms with van der Waals surface area (Å²) < 4.78 is 0. The van der Waals surface area contributed by atoms with Gasteiger partial charge in [0.2, 0.25) is 5.96 Å². The van der Waals surface area contributed by atoms with E-state index in [1.54, 1.807) is 11.9 Å². The van der Waals surface area contributed by atoms with Crippen LogP contribution in [0.15, 0.2) is 29.3 Å². The Labute approximate surface area is 159 Å². The SMILES string of the molecule is Cc1ccc(Cc2nc3c([nH]2)C(=O)N(C)C2=NC4CCCC4N23)cc1.S. The van der Waals surface area contributed by atoms with E-state index >= 15 is 0 Å². The summed E-state index contributed by atoms with van der Waals surface area (Å²) in [6.07, 6.45) is 4.09. The number of imidazole rings is 1. The molecule has 1 aromatic carbocycles. The second-order valence-electron chi connectivity index (χ2n) is 7.27. The molecule has 7 heteroatoms. The molecule has 26 heavy (non-hydrogen) atoms. The van der Waals surface area contributed by atoms with Crippen LogP contribution in [0.1, 0.15) is 46.7 Å². The molecule has 0 spiro atoms. The number of nitrogens with one attached hydrogen (secondary N) is 1. The summed E-state index contributed by atoms with van der Waals surface area (Å²) in [5, 5.41) is 0. The minimum Gasteiger partial charge on any atom is -0.336 e. The van der Waals surface area contributed by atoms with Crippen molar-refractivity contribution in [3.05, 3.63) is 46.9 Å². The average Bonchev–Trinajstić information content (AvgIpc) is 3.28. The van der Waals surface area contributed by atoms with E-state index in [0.717, 1.165) is 30.4 Å². The Morgan fingerprint density at radius 1 is 1.23 bits per heavy atom. The van der Waals surface area contributed by atoms with Gasteiger partial charge in [-0.1, -0.05) is 29.8 Å². The molecule has 1 saturated carbocycles. The fourth-order valence-corrected chi connectivity index (χ4v) is 4.21. The number of hydrogen-bond donors (Lipinski definition) is 1. The van der Waals surface area contributed by atoms with Crippen LogP contribution in [0.4, 0.5) is 5.82 Å². The van der Waals surface area contributed by atoms with Gasteiger partial charge in [-0.2, -0.15) is 13.5 Å². The maximum Gasteiger partial charge on any atom is 0.280 e. The first-order valence-corrected chi connectivity index (χ1v) is 8.91. The van der Waals surface area contributed by atoms with E-state index < -0.39 is 0 Å². The lowest BCUT2D eigenvalue weighted by Crippen LogP contribution is -2.51. The lowest BCUT2D eigenvalue weighted by atomic mass is 10.1. The highest BCUT2D eigenvalue weighted by Gasteiger charge is 2.48. The van der Waals surface area contributed by atoms with Crippen LogP contribution in [0.3, 0.4) is 0 Å². The number of anilines is 1. The molecule has 3 aliphatic rings. The van der Waals surface area contributed by atoms with Crippen LogP contribution in [-0.4, -0.2) is 45.9 Å². The van der Waals surface area contributed by atoms with Crippen molar-refractivity contribution in [2.24, 2.45) is 4.99 Å². The number of aryl methyl sites for hydroxylation is 1. The molecule has 1 N–H and O–H groups in total. The van der Waals surface area contributed by atoms with Gasteiger partial charge in [0.1, 0.15) is 11.5 Å². The number of hydrogen-bond acceptors (Lipinski definition) is 4. The predicted molar refractivity (Wildman–Crippen MR) is 106 cm³/mol. The van der Waals surface area contributed by atoms with Crippen molar-refractivity contribution < 1.29 is 4.79 Å². The molecule has 136 valence electrons. The van der Waals surface area contributed by atoms with Crippen LogP contribution in [0.5, 0.6) is 0 Å². The van der Waals surface area contributed by atoms with Crippen molar-refractivity contribution in [3.8, 4) is 0 Å². The lowest BCUT2D eigenvalue weighted by Gasteiger charge is -2.33. The van der Waals surface area contributed by atoms with E-state index in [1.807, 2.05) is 0 Å². The van der Waals surface area contributed by atoms with Crippen molar-refractivity contribution in [2.45, 2.75) is 44.7 Å². The molecule has 0 saturated heterocycles. The third-order valence-electron chi connectivity index (χ3n) is 5.54. The van der Waals surface area contributed by atoms with Gasteiger partial charge >= 0.3 is 0 Å². The van der Waals surface area contributed by atoms with E-state index in [1.165, 1.54) is 17.5 Å². The molecule has 2 aromatic rings. The molecule has 1 aliphatic carbocycles. The Morgan fingerprint density at radius 3 is 2.77 bits per heavy atom. The lowest BCUT2D eigenvalue weighted by molar-refractivity contribution is 0.0859. The highest BCUT2D eigenvalue weighted by atomic mass is 32.1. The first-order chi connectivity index (χ1) is 12.1. The molecule has 5 rings (SSSR count). The number of aliphatic imine (C=N–C) groups is 1. The Morgan fingerprint density at radius 2 is 2.00 bits per heavy atom. The number of fused-ring (bicyclic) bond motifs is 5. The molecule has 0 bridgehead atoms. The number of amides is 1. The number of rotatable bonds is 2. The maximum atomic E-state index is 12.7. The van der Waals surface area contributed by atoms with E-state index in [0.29, 0.717) is 24.2 Å². The topological polar surface area (TPSA) is 64.6 Å². The van der Waals surface area contributed by atoms with Gasteiger partial charge in [0.05, 0.1) is 12.1 Å². The largest absolute Gasteiger partial charge is 0.336 e. The summed E-state index contributed by atoms with van der Waals surface area (Å²) in [6.45, 7) is 2.08. The number of aromatic nitrogens is 2. The van der Waals surface area contributed by atoms with Gasteiger partial charge in [-0.25, -0.2) is 9.98 Å². The van der Waals surface area contributed by atoms with Gasteiger partial charge in [-0.15, -0.1) is 0 Å². The molecule has 1 aromatic heterocycles. The number of carbonyl (C=O) groups is 1. The molecule has 3 heterocycles. The maximum absolute atomic E-state index is 12.7. The Bertz CT molecular complexity index is 888. The number of carbonyl (C=O) groups excluding carboxylic acids is 1. The summed E-state index contributed by atoms with van der Waals surface area (Å²) in [5.41, 5.74) is 3.02. The molecule has 6 nitrogen and oxygen atoms in total. The monoisotopic (exact) mass is 369 g/mol. The molecule has 2 unspecified atom stereocenters. The Balaban J connectivity index is 0.00000168. The van der Waals surface area contributed by atoms with Crippen LogP contribution in [0.2, 0.25) is 0 Å². The van der Waals surface area contributed by atoms with Crippen LogP contribution in [0.25, 0.3) is 0 Å². The van der Waals surface area contributed by atoms with E-state index in [4.69, 9.17) is 9.98 Å². The number of aromatic amines is 1. The van der Waals surface area contributed by atoms with E-state index in [-0.39, 0.29) is 19.4 Å². The van der Waals surface area contributed by atoms with Crippen LogP contribution < -0.4 is 4.90 Å². The second-order valence-corrected chi connectivity index (χ2v) is 7.27. The van der Waals surface area contributed by atoms with Gasteiger partial charge < -0.3 is 4.98 Å². The molecule has 1 amide bonds. The summed E-state index contributed by atoms with van der Waals surface area (Å²) in [7, 11) is 1.80. The number of H-pyrrole nitrogens is 1. The quantitative estimate of drug-likeness (QED) is 0.885. The van der Waals surface area contributed by atoms with Crippen molar-refractivity contribution in [1.82, 2.24) is 14.9 Å². The molecule has 2 atom stereocenters. The first-order valence-electron chi connectivity index (χ1n) is 8.91. The zero-order chi connectivity index (χ0) is 17.1. The van der Waals surface area contributed by atoms with Gasteiger partial charge in [0.15, 0.2) is 5.82 Å². The smallest absolute Gasteiger partial charge is 0.280 e. The minimum absolute atomic E-state index is 0. The summed E-state index contributed by atoms with van der Waals surface area (Å²) >= 11 is 0. The minimum atomic E-state index is -0.0485. The fraction of sp³-hybridized carbons (Fsp3) is 0.421. The zero-order valence-corrected chi connectivity index (χ0v) is 16.0. The average molecular weight is 369 g/mol. The first kappa shape index (κ1) is 17.1. The molecule has 0 radical (unpaired) electrons. The fourth-order valence-electron chi connectivity index (χ4n) is 4.21. The van der Waals surface area contributed by atoms with Crippen LogP contribution >= 0.6 is 13.5 Å². The van der Waals surface area contributed by atoms with Crippen molar-refractivity contribution >= 4 is 31.2 Å². The van der Waals surface area contributed by atoms with Crippen molar-refractivity contribution in [2.75, 3.05) is 11.9 Å². The van der Waals surface area contributed by atoms with E-state index in [2.05, 4.69) is 41.1 Å². The molecular weight excluding hydrogens is 346 g/mol. The highest BCUT2D eigenvalue weighted by Crippen LogP contribution is 2.39. The summed E-state index contributed by atoms with van der Waals surface area (Å²) in [4.78, 5) is 29.4. The standard InChI is InChI=1S/C19H21N5O.H2S/c1-11-6-8-12(9-7-11)10-15-21-16-17(22-15)24-14-5-3-4-13(14)20-19(24)23(2)18(16)25;/h6-9,13-14H,3-5,10H2,1-2H3,(H,21,22);1H2. The Kier molecular flexibility index (Phi) is 4.06. The normalized spacial score (nSPS) is 23.3. The number of nitrogens with zero attached hydrogens (tertiary/aromatic N) is 4. The highest BCUT2D eigenvalue weighted by molar-refractivity contribution is 7.59. The van der Waals surface area contributed by atoms with Gasteiger partial charge in [-0.05, 0) is 31.7 Å². The third-order valence-corrected chi connectivity index (χ3v) is 5.54. The van der Waals surface area contributed by atoms with Crippen molar-refractivity contribution in [3.63, 3.8) is 0 Å². The van der Waals surface area contributed by atoms with E-state index in [9.17, 15) is 4.79 Å². The molecular formula is C19H23N5OS. The van der Waals surface area contributed by atoms with Gasteiger partial charge in [-0.3, -0.25) is 14.6 Å². The zero-order valence-electron chi connectivity index (χ0n) is 15.0. The van der Waals surface area contributed by atoms with Crippen molar-refractivity contribution in [1.29, 1.82) is 0 Å². The Hall–Kier alpha value is -2.28. The number of guanidine groups is 1. The molecule has 2 aliphatic heterocycles. The molecule has 1 fully saturated rings. The van der Waals surface area contributed by atoms with Gasteiger partial charge in [0.25, 0.3) is 5.91 Å². The number of benzene rings is 1. The van der Waals surface area contributed by atoms with Crippen LogP contribution in [-0.2, 0) is 6.42 Å². The second kappa shape index (κ2) is 6.16.